The lowest BCUT2D eigenvalue weighted by molar-refractivity contribution is -0.113. The average Bonchev–Trinajstić information content (AvgIpc) is 3.29. The number of para-hydroxylation sites is 1. The van der Waals surface area contributed by atoms with Gasteiger partial charge in [0.2, 0.25) is 5.91 Å². The van der Waals surface area contributed by atoms with Gasteiger partial charge < -0.3 is 19.0 Å². The number of halogens is 1. The number of thioether (sulfide) groups is 1. The summed E-state index contributed by atoms with van der Waals surface area (Å²) in [4.78, 5) is 12.3. The molecule has 0 atom stereocenters. The highest BCUT2D eigenvalue weighted by Gasteiger charge is 2.16. The largest absolute Gasteiger partial charge is 0.495 e. The molecule has 0 aliphatic rings. The molecule has 148 valence electrons. The predicted molar refractivity (Wildman–Crippen MR) is 114 cm³/mol. The summed E-state index contributed by atoms with van der Waals surface area (Å²) >= 11 is 7.37. The van der Waals surface area contributed by atoms with Crippen molar-refractivity contribution in [3.63, 3.8) is 0 Å². The van der Waals surface area contributed by atoms with E-state index in [0.717, 1.165) is 11.0 Å². The number of nitrogens with one attached hydrogen (secondary N) is 1. The van der Waals surface area contributed by atoms with Crippen LogP contribution in [-0.2, 0) is 11.8 Å². The highest BCUT2D eigenvalue weighted by Crippen LogP contribution is 2.29. The highest BCUT2D eigenvalue weighted by molar-refractivity contribution is 7.99. The van der Waals surface area contributed by atoms with Crippen molar-refractivity contribution in [1.29, 1.82) is 0 Å². The Bertz CT molecular complexity index is 1150. The lowest BCUT2D eigenvalue weighted by Gasteiger charge is -2.08. The number of methoxy groups -OCH3 is 1. The molecule has 1 amide bonds. The fourth-order valence-corrected chi connectivity index (χ4v) is 3.79. The lowest BCUT2D eigenvalue weighted by atomic mass is 10.2. The number of ether oxygens (including phenoxy) is 1. The molecule has 0 aliphatic heterocycles. The Morgan fingerprint density at radius 3 is 2.83 bits per heavy atom. The second-order valence-corrected chi connectivity index (χ2v) is 7.55. The quantitative estimate of drug-likeness (QED) is 0.451. The molecule has 2 aromatic heterocycles. The number of fused-ring (bicyclic) bond motifs is 1. The molecular weight excluding hydrogens is 412 g/mol. The zero-order valence-electron chi connectivity index (χ0n) is 15.7. The predicted octanol–water partition coefficient (Wildman–Crippen LogP) is 4.62. The second kappa shape index (κ2) is 8.18. The Hall–Kier alpha value is -2.97. The zero-order chi connectivity index (χ0) is 20.4. The number of benzene rings is 2. The van der Waals surface area contributed by atoms with Crippen LogP contribution in [0.4, 0.5) is 5.69 Å². The van der Waals surface area contributed by atoms with Gasteiger partial charge in [0.15, 0.2) is 16.7 Å². The van der Waals surface area contributed by atoms with Gasteiger partial charge in [0, 0.05) is 18.1 Å². The fourth-order valence-electron chi connectivity index (χ4n) is 2.82. The normalized spacial score (nSPS) is 11.0. The Kier molecular flexibility index (Phi) is 5.46. The van der Waals surface area contributed by atoms with Gasteiger partial charge in [0.1, 0.15) is 11.3 Å². The number of rotatable bonds is 6. The number of hydrogen-bond acceptors (Lipinski definition) is 6. The van der Waals surface area contributed by atoms with Crippen LogP contribution in [0.25, 0.3) is 22.6 Å². The summed E-state index contributed by atoms with van der Waals surface area (Å²) in [5.41, 5.74) is 1.39. The standard InChI is InChI=1S/C20H17ClN4O3S/c1-25-19(17-9-12-5-3-4-6-15(12)28-17)23-24-20(25)29-11-18(26)22-13-7-8-16(27-2)14(21)10-13/h3-10H,11H2,1-2H3,(H,22,26). The third kappa shape index (κ3) is 4.08. The van der Waals surface area contributed by atoms with E-state index in [2.05, 4.69) is 15.5 Å². The number of carbonyl (C=O) groups excluding carboxylic acids is 1. The van der Waals surface area contributed by atoms with Crippen LogP contribution < -0.4 is 10.1 Å². The van der Waals surface area contributed by atoms with Crippen LogP contribution in [-0.4, -0.2) is 33.5 Å². The summed E-state index contributed by atoms with van der Waals surface area (Å²) in [5, 5.41) is 13.2. The molecule has 2 aromatic carbocycles. The highest BCUT2D eigenvalue weighted by atomic mass is 35.5. The van der Waals surface area contributed by atoms with Gasteiger partial charge >= 0.3 is 0 Å². The van der Waals surface area contributed by atoms with Crippen molar-refractivity contribution in [2.75, 3.05) is 18.2 Å². The first kappa shape index (κ1) is 19.4. The summed E-state index contributed by atoms with van der Waals surface area (Å²) in [5.74, 6) is 1.78. The zero-order valence-corrected chi connectivity index (χ0v) is 17.3. The second-order valence-electron chi connectivity index (χ2n) is 6.20. The minimum atomic E-state index is -0.176. The number of nitrogens with zero attached hydrogens (tertiary/aromatic N) is 3. The molecule has 0 bridgehead atoms. The van der Waals surface area contributed by atoms with Crippen molar-refractivity contribution in [3.05, 3.63) is 53.6 Å². The number of anilines is 1. The Labute approximate surface area is 176 Å². The average molecular weight is 429 g/mol. The van der Waals surface area contributed by atoms with E-state index in [9.17, 15) is 4.79 Å². The van der Waals surface area contributed by atoms with Crippen LogP contribution >= 0.6 is 23.4 Å². The van der Waals surface area contributed by atoms with Crippen molar-refractivity contribution >= 4 is 45.9 Å². The molecule has 7 nitrogen and oxygen atoms in total. The third-order valence-electron chi connectivity index (χ3n) is 4.25. The molecule has 0 aliphatic carbocycles. The summed E-state index contributed by atoms with van der Waals surface area (Å²) in [6.45, 7) is 0. The monoisotopic (exact) mass is 428 g/mol. The molecular formula is C20H17ClN4O3S. The van der Waals surface area contributed by atoms with Gasteiger partial charge in [-0.15, -0.1) is 10.2 Å². The lowest BCUT2D eigenvalue weighted by Crippen LogP contribution is -2.14. The van der Waals surface area contributed by atoms with Crippen LogP contribution in [0.5, 0.6) is 5.75 Å². The first-order valence-corrected chi connectivity index (χ1v) is 10.1. The molecule has 4 rings (SSSR count). The number of aromatic nitrogens is 3. The molecule has 0 unspecified atom stereocenters. The number of amides is 1. The van der Waals surface area contributed by atoms with E-state index >= 15 is 0 Å². The maximum atomic E-state index is 12.3. The SMILES string of the molecule is COc1ccc(NC(=O)CSc2nnc(-c3cc4ccccc4o3)n2C)cc1Cl. The summed E-state index contributed by atoms with van der Waals surface area (Å²) < 4.78 is 12.8. The van der Waals surface area contributed by atoms with E-state index in [1.807, 2.05) is 37.4 Å². The van der Waals surface area contributed by atoms with Crippen LogP contribution in [0.15, 0.2) is 58.1 Å². The molecule has 29 heavy (non-hydrogen) atoms. The van der Waals surface area contributed by atoms with Gasteiger partial charge in [0.05, 0.1) is 17.9 Å². The van der Waals surface area contributed by atoms with Gasteiger partial charge in [-0.1, -0.05) is 41.6 Å². The van der Waals surface area contributed by atoms with Gasteiger partial charge in [-0.2, -0.15) is 0 Å². The van der Waals surface area contributed by atoms with E-state index in [1.54, 1.807) is 22.8 Å². The smallest absolute Gasteiger partial charge is 0.234 e. The van der Waals surface area contributed by atoms with Crippen LogP contribution in [0, 0.1) is 0 Å². The maximum Gasteiger partial charge on any atom is 0.234 e. The number of furan rings is 1. The minimum Gasteiger partial charge on any atom is -0.495 e. The van der Waals surface area contributed by atoms with Crippen molar-refractivity contribution < 1.29 is 13.9 Å². The van der Waals surface area contributed by atoms with Crippen LogP contribution in [0.1, 0.15) is 0 Å². The molecule has 0 saturated heterocycles. The van der Waals surface area contributed by atoms with Crippen molar-refractivity contribution in [1.82, 2.24) is 14.8 Å². The van der Waals surface area contributed by atoms with Crippen molar-refractivity contribution in [2.24, 2.45) is 7.05 Å². The molecule has 0 fully saturated rings. The van der Waals surface area contributed by atoms with Gasteiger partial charge in [-0.3, -0.25) is 4.79 Å². The Morgan fingerprint density at radius 2 is 2.07 bits per heavy atom. The van der Waals surface area contributed by atoms with Gasteiger partial charge in [0.25, 0.3) is 0 Å². The summed E-state index contributed by atoms with van der Waals surface area (Å²) in [6.07, 6.45) is 0. The Balaban J connectivity index is 1.42. The van der Waals surface area contributed by atoms with E-state index in [-0.39, 0.29) is 11.7 Å². The fraction of sp³-hybridized carbons (Fsp3) is 0.150. The third-order valence-corrected chi connectivity index (χ3v) is 5.56. The number of carbonyl (C=O) groups is 1. The molecule has 9 heteroatoms. The van der Waals surface area contributed by atoms with E-state index < -0.39 is 0 Å². The summed E-state index contributed by atoms with van der Waals surface area (Å²) in [6, 6.07) is 14.8. The molecule has 0 spiro atoms. The minimum absolute atomic E-state index is 0.176. The van der Waals surface area contributed by atoms with Crippen LogP contribution in [0.3, 0.4) is 0 Å². The van der Waals surface area contributed by atoms with Crippen molar-refractivity contribution in [2.45, 2.75) is 5.16 Å². The van der Waals surface area contributed by atoms with E-state index in [4.69, 9.17) is 20.8 Å². The van der Waals surface area contributed by atoms with E-state index in [0.29, 0.717) is 33.2 Å². The molecule has 1 N–H and O–H groups in total. The summed E-state index contributed by atoms with van der Waals surface area (Å²) in [7, 11) is 3.38. The molecule has 0 saturated carbocycles. The van der Waals surface area contributed by atoms with E-state index in [1.165, 1.54) is 18.9 Å². The van der Waals surface area contributed by atoms with Gasteiger partial charge in [-0.25, -0.2) is 0 Å². The van der Waals surface area contributed by atoms with Crippen molar-refractivity contribution in [3.8, 4) is 17.3 Å². The van der Waals surface area contributed by atoms with Gasteiger partial charge in [-0.05, 0) is 30.3 Å². The first-order valence-electron chi connectivity index (χ1n) is 8.69. The van der Waals surface area contributed by atoms with Crippen LogP contribution in [0.2, 0.25) is 5.02 Å². The first-order chi connectivity index (χ1) is 14.0. The maximum absolute atomic E-state index is 12.3. The Morgan fingerprint density at radius 1 is 1.24 bits per heavy atom. The topological polar surface area (TPSA) is 82.2 Å². The molecule has 4 aromatic rings. The molecule has 2 heterocycles. The number of hydrogen-bond donors (Lipinski definition) is 1. The molecule has 0 radical (unpaired) electrons.